The van der Waals surface area contributed by atoms with Crippen LogP contribution in [0.2, 0.25) is 0 Å². The number of fused-ring (bicyclic) bond motifs is 1. The average Bonchev–Trinajstić information content (AvgIpc) is 2.97. The Labute approximate surface area is 155 Å². The van der Waals surface area contributed by atoms with Crippen molar-refractivity contribution in [2.75, 3.05) is 18.0 Å². The average molecular weight is 388 g/mol. The number of halogens is 1. The number of nitrogens with one attached hydrogen (secondary N) is 2. The summed E-state index contributed by atoms with van der Waals surface area (Å²) in [5.74, 6) is -0.535. The van der Waals surface area contributed by atoms with Gasteiger partial charge in [0.25, 0.3) is 5.91 Å². The lowest BCUT2D eigenvalue weighted by Crippen LogP contribution is -2.18. The van der Waals surface area contributed by atoms with E-state index in [0.717, 1.165) is 6.26 Å². The molecular weight excluding hydrogens is 371 g/mol. The van der Waals surface area contributed by atoms with Crippen LogP contribution in [0.4, 0.5) is 10.1 Å². The summed E-state index contributed by atoms with van der Waals surface area (Å²) in [5.41, 5.74) is 1.87. The fourth-order valence-electron chi connectivity index (χ4n) is 2.77. The van der Waals surface area contributed by atoms with Gasteiger partial charge in [0.05, 0.1) is 17.5 Å². The first kappa shape index (κ1) is 18.7. The Hall–Kier alpha value is -3.13. The lowest BCUT2D eigenvalue weighted by molar-refractivity contribution is 0.0964. The van der Waals surface area contributed by atoms with Gasteiger partial charge in [-0.3, -0.25) is 9.52 Å². The Morgan fingerprint density at radius 1 is 1.22 bits per heavy atom. The highest BCUT2D eigenvalue weighted by Gasteiger charge is 2.23. The summed E-state index contributed by atoms with van der Waals surface area (Å²) in [5, 5.41) is 3.05. The molecule has 2 N–H and O–H groups in total. The molecule has 3 rings (SSSR count). The number of benzene rings is 2. The highest BCUT2D eigenvalue weighted by molar-refractivity contribution is 7.92. The Morgan fingerprint density at radius 3 is 2.44 bits per heavy atom. The molecule has 0 saturated carbocycles. The van der Waals surface area contributed by atoms with E-state index < -0.39 is 15.8 Å². The van der Waals surface area contributed by atoms with E-state index in [1.165, 1.54) is 43.5 Å². The number of furan rings is 1. The molecular formula is C19H17FN2O4S. The van der Waals surface area contributed by atoms with Gasteiger partial charge in [-0.25, -0.2) is 12.8 Å². The molecule has 140 valence electrons. The maximum atomic E-state index is 13.3. The van der Waals surface area contributed by atoms with E-state index in [4.69, 9.17) is 4.42 Å². The fourth-order valence-corrected chi connectivity index (χ4v) is 3.35. The largest absolute Gasteiger partial charge is 0.455 e. The summed E-state index contributed by atoms with van der Waals surface area (Å²) in [6.45, 7) is 3.69. The van der Waals surface area contributed by atoms with Crippen LogP contribution >= 0.6 is 0 Å². The van der Waals surface area contributed by atoms with Gasteiger partial charge in [-0.05, 0) is 35.9 Å². The first-order valence-electron chi connectivity index (χ1n) is 7.92. The van der Waals surface area contributed by atoms with Gasteiger partial charge < -0.3 is 9.73 Å². The van der Waals surface area contributed by atoms with E-state index >= 15 is 0 Å². The second kappa shape index (κ2) is 6.88. The SMILES string of the molecule is C=Cc1cc2c(C(=O)NC)c(-c3ccc(F)cc3)oc2cc1NS(C)(=O)=O. The minimum absolute atomic E-state index is 0.260. The van der Waals surface area contributed by atoms with Crippen molar-refractivity contribution in [3.8, 4) is 11.3 Å². The summed E-state index contributed by atoms with van der Waals surface area (Å²) in [4.78, 5) is 12.5. The lowest BCUT2D eigenvalue weighted by atomic mass is 10.0. The zero-order valence-electron chi connectivity index (χ0n) is 14.7. The number of sulfonamides is 1. The summed E-state index contributed by atoms with van der Waals surface area (Å²) >= 11 is 0. The van der Waals surface area contributed by atoms with E-state index in [1.54, 1.807) is 6.07 Å². The molecule has 2 aromatic carbocycles. The molecule has 0 unspecified atom stereocenters. The lowest BCUT2D eigenvalue weighted by Gasteiger charge is -2.08. The van der Waals surface area contributed by atoms with E-state index in [2.05, 4.69) is 16.6 Å². The molecule has 3 aromatic rings. The summed E-state index contributed by atoms with van der Waals surface area (Å²) in [6, 6.07) is 8.65. The van der Waals surface area contributed by atoms with Crippen molar-refractivity contribution in [3.63, 3.8) is 0 Å². The minimum atomic E-state index is -3.52. The molecule has 0 atom stereocenters. The third-order valence-corrected chi connectivity index (χ3v) is 4.53. The summed E-state index contributed by atoms with van der Waals surface area (Å²) in [6.07, 6.45) is 2.51. The van der Waals surface area contributed by atoms with Crippen LogP contribution in [0.5, 0.6) is 0 Å². The highest BCUT2D eigenvalue weighted by Crippen LogP contribution is 2.37. The minimum Gasteiger partial charge on any atom is -0.455 e. The molecule has 0 fully saturated rings. The van der Waals surface area contributed by atoms with Crippen molar-refractivity contribution in [1.82, 2.24) is 5.32 Å². The summed E-state index contributed by atoms with van der Waals surface area (Å²) in [7, 11) is -2.03. The van der Waals surface area contributed by atoms with Gasteiger partial charge in [0, 0.05) is 24.1 Å². The summed E-state index contributed by atoms with van der Waals surface area (Å²) < 4.78 is 44.7. The normalized spacial score (nSPS) is 11.4. The monoisotopic (exact) mass is 388 g/mol. The van der Waals surface area contributed by atoms with Crippen LogP contribution in [0.3, 0.4) is 0 Å². The quantitative estimate of drug-likeness (QED) is 0.699. The van der Waals surface area contributed by atoms with Crippen molar-refractivity contribution >= 4 is 38.7 Å². The van der Waals surface area contributed by atoms with Crippen LogP contribution in [0, 0.1) is 5.82 Å². The van der Waals surface area contributed by atoms with Crippen LogP contribution in [0.1, 0.15) is 15.9 Å². The number of carbonyl (C=O) groups excluding carboxylic acids is 1. The van der Waals surface area contributed by atoms with E-state index in [9.17, 15) is 17.6 Å². The number of rotatable bonds is 5. The zero-order valence-corrected chi connectivity index (χ0v) is 15.5. The predicted molar refractivity (Wildman–Crippen MR) is 104 cm³/mol. The molecule has 1 amide bonds. The standard InChI is InChI=1S/C19H17FN2O4S/c1-4-11-9-14-16(10-15(11)22-27(3,24)25)26-18(17(14)19(23)21-2)12-5-7-13(20)8-6-12/h4-10,22H,1H2,2-3H3,(H,21,23). The molecule has 8 heteroatoms. The van der Waals surface area contributed by atoms with Gasteiger partial charge in [-0.1, -0.05) is 12.7 Å². The molecule has 0 saturated heterocycles. The Bertz CT molecular complexity index is 1150. The van der Waals surface area contributed by atoms with Crippen molar-refractivity contribution in [2.24, 2.45) is 0 Å². The van der Waals surface area contributed by atoms with Gasteiger partial charge in [0.2, 0.25) is 10.0 Å². The van der Waals surface area contributed by atoms with Crippen molar-refractivity contribution < 1.29 is 22.0 Å². The Balaban J connectivity index is 2.31. The topological polar surface area (TPSA) is 88.4 Å². The third-order valence-electron chi connectivity index (χ3n) is 3.94. The molecule has 6 nitrogen and oxygen atoms in total. The maximum Gasteiger partial charge on any atom is 0.255 e. The number of hydrogen-bond acceptors (Lipinski definition) is 4. The Kier molecular flexibility index (Phi) is 4.75. The van der Waals surface area contributed by atoms with Crippen LogP contribution in [-0.2, 0) is 10.0 Å². The van der Waals surface area contributed by atoms with Crippen LogP contribution in [0.15, 0.2) is 47.4 Å². The molecule has 0 aliphatic heterocycles. The van der Waals surface area contributed by atoms with Gasteiger partial charge in [0.15, 0.2) is 0 Å². The predicted octanol–water partition coefficient (Wildman–Crippen LogP) is 3.61. The van der Waals surface area contributed by atoms with Crippen molar-refractivity contribution in [1.29, 1.82) is 0 Å². The number of anilines is 1. The van der Waals surface area contributed by atoms with Crippen molar-refractivity contribution in [3.05, 3.63) is 59.9 Å². The molecule has 0 bridgehead atoms. The maximum absolute atomic E-state index is 13.3. The van der Waals surface area contributed by atoms with Gasteiger partial charge >= 0.3 is 0 Å². The van der Waals surface area contributed by atoms with E-state index in [1.807, 2.05) is 0 Å². The zero-order chi connectivity index (χ0) is 19.8. The second-order valence-corrected chi connectivity index (χ2v) is 7.65. The number of amides is 1. The van der Waals surface area contributed by atoms with Gasteiger partial charge in [0.1, 0.15) is 17.2 Å². The number of hydrogen-bond donors (Lipinski definition) is 2. The molecule has 0 radical (unpaired) electrons. The number of carbonyl (C=O) groups is 1. The molecule has 1 heterocycles. The van der Waals surface area contributed by atoms with Gasteiger partial charge in [-0.2, -0.15) is 0 Å². The van der Waals surface area contributed by atoms with Crippen LogP contribution < -0.4 is 10.0 Å². The molecule has 0 spiro atoms. The van der Waals surface area contributed by atoms with Crippen LogP contribution in [-0.4, -0.2) is 27.6 Å². The Morgan fingerprint density at radius 2 is 1.89 bits per heavy atom. The highest BCUT2D eigenvalue weighted by atomic mass is 32.2. The smallest absolute Gasteiger partial charge is 0.255 e. The van der Waals surface area contributed by atoms with Crippen LogP contribution in [0.25, 0.3) is 28.4 Å². The fraction of sp³-hybridized carbons (Fsp3) is 0.105. The van der Waals surface area contributed by atoms with E-state index in [0.29, 0.717) is 22.1 Å². The second-order valence-electron chi connectivity index (χ2n) is 5.91. The molecule has 1 aromatic heterocycles. The van der Waals surface area contributed by atoms with Crippen molar-refractivity contribution in [2.45, 2.75) is 0 Å². The molecule has 0 aliphatic rings. The first-order chi connectivity index (χ1) is 12.7. The van der Waals surface area contributed by atoms with E-state index in [-0.39, 0.29) is 22.9 Å². The third kappa shape index (κ3) is 3.70. The molecule has 27 heavy (non-hydrogen) atoms. The first-order valence-corrected chi connectivity index (χ1v) is 9.81. The molecule has 0 aliphatic carbocycles. The van der Waals surface area contributed by atoms with Gasteiger partial charge in [-0.15, -0.1) is 0 Å².